The van der Waals surface area contributed by atoms with Gasteiger partial charge in [-0.05, 0) is 48.9 Å². The van der Waals surface area contributed by atoms with Crippen molar-refractivity contribution >= 4 is 5.96 Å². The monoisotopic (exact) mass is 387 g/mol. The maximum atomic E-state index is 13.8. The highest BCUT2D eigenvalue weighted by atomic mass is 19.1. The van der Waals surface area contributed by atoms with Crippen LogP contribution in [-0.2, 0) is 31.4 Å². The second-order valence-electron chi connectivity index (χ2n) is 7.36. The van der Waals surface area contributed by atoms with E-state index in [1.807, 2.05) is 24.0 Å². The van der Waals surface area contributed by atoms with Crippen molar-refractivity contribution in [2.45, 2.75) is 32.9 Å². The van der Waals surface area contributed by atoms with Crippen molar-refractivity contribution in [3.8, 4) is 0 Å². The zero-order valence-corrected chi connectivity index (χ0v) is 17.0. The molecule has 6 nitrogen and oxygen atoms in total. The molecular weight excluding hydrogens is 357 g/mol. The molecule has 2 aromatic rings. The van der Waals surface area contributed by atoms with E-state index in [0.717, 1.165) is 44.0 Å². The molecule has 0 bridgehead atoms. The van der Waals surface area contributed by atoms with Gasteiger partial charge in [0.05, 0.1) is 19.3 Å². The predicted molar refractivity (Wildman–Crippen MR) is 109 cm³/mol. The number of guanidine groups is 1. The number of ether oxygens (including phenoxy) is 1. The molecule has 2 heterocycles. The maximum absolute atomic E-state index is 13.8. The Morgan fingerprint density at radius 1 is 1.39 bits per heavy atom. The molecule has 152 valence electrons. The summed E-state index contributed by atoms with van der Waals surface area (Å²) in [5.41, 5.74) is 2.83. The fourth-order valence-electron chi connectivity index (χ4n) is 3.69. The molecule has 1 aliphatic heterocycles. The molecule has 3 rings (SSSR count). The number of aromatic nitrogens is 2. The second-order valence-corrected chi connectivity index (χ2v) is 7.36. The van der Waals surface area contributed by atoms with Gasteiger partial charge in [-0.25, -0.2) is 9.38 Å². The van der Waals surface area contributed by atoms with E-state index in [0.29, 0.717) is 18.0 Å². The fraction of sp³-hybridized carbons (Fsp3) is 0.524. The first kappa shape index (κ1) is 20.3. The minimum Gasteiger partial charge on any atom is -0.380 e. The van der Waals surface area contributed by atoms with E-state index >= 15 is 0 Å². The molecule has 7 heteroatoms. The summed E-state index contributed by atoms with van der Waals surface area (Å²) < 4.78 is 20.7. The number of hydrogen-bond donors (Lipinski definition) is 1. The lowest BCUT2D eigenvalue weighted by Crippen LogP contribution is -2.40. The average Bonchev–Trinajstić information content (AvgIpc) is 3.30. The molecule has 0 aliphatic carbocycles. The van der Waals surface area contributed by atoms with E-state index < -0.39 is 0 Å². The number of aliphatic imine (C=N–C) groups is 1. The van der Waals surface area contributed by atoms with Gasteiger partial charge in [0.15, 0.2) is 5.96 Å². The highest BCUT2D eigenvalue weighted by molar-refractivity contribution is 5.80. The first-order valence-corrected chi connectivity index (χ1v) is 9.86. The molecule has 0 spiro atoms. The van der Waals surface area contributed by atoms with E-state index in [9.17, 15) is 4.39 Å². The third-order valence-electron chi connectivity index (χ3n) is 5.02. The topological polar surface area (TPSA) is 54.7 Å². The highest BCUT2D eigenvalue weighted by Gasteiger charge is 2.25. The molecule has 1 fully saturated rings. The molecule has 0 saturated carbocycles. The van der Waals surface area contributed by atoms with Gasteiger partial charge in [-0.15, -0.1) is 0 Å². The summed E-state index contributed by atoms with van der Waals surface area (Å²) in [5, 5.41) is 7.66. The number of halogens is 1. The molecule has 1 unspecified atom stereocenters. The van der Waals surface area contributed by atoms with Gasteiger partial charge in [-0.2, -0.15) is 5.10 Å². The lowest BCUT2D eigenvalue weighted by molar-refractivity contribution is 0.181. The van der Waals surface area contributed by atoms with E-state index in [-0.39, 0.29) is 12.4 Å². The van der Waals surface area contributed by atoms with Gasteiger partial charge in [0.1, 0.15) is 5.82 Å². The largest absolute Gasteiger partial charge is 0.380 e. The lowest BCUT2D eigenvalue weighted by Gasteiger charge is -2.21. The Morgan fingerprint density at radius 2 is 2.25 bits per heavy atom. The van der Waals surface area contributed by atoms with Crippen LogP contribution in [0.3, 0.4) is 0 Å². The van der Waals surface area contributed by atoms with E-state index in [1.54, 1.807) is 13.2 Å². The third-order valence-corrected chi connectivity index (χ3v) is 5.02. The van der Waals surface area contributed by atoms with Crippen LogP contribution in [0.25, 0.3) is 0 Å². The van der Waals surface area contributed by atoms with E-state index in [2.05, 4.69) is 28.4 Å². The van der Waals surface area contributed by atoms with Crippen LogP contribution in [0.15, 0.2) is 35.6 Å². The summed E-state index contributed by atoms with van der Waals surface area (Å²) >= 11 is 0. The smallest absolute Gasteiger partial charge is 0.194 e. The Kier molecular flexibility index (Phi) is 7.03. The van der Waals surface area contributed by atoms with Gasteiger partial charge < -0.3 is 15.0 Å². The quantitative estimate of drug-likeness (QED) is 0.586. The minimum atomic E-state index is -0.237. The van der Waals surface area contributed by atoms with Gasteiger partial charge in [0.2, 0.25) is 0 Å². The van der Waals surface area contributed by atoms with Gasteiger partial charge >= 0.3 is 0 Å². The number of nitrogens with zero attached hydrogens (tertiary/aromatic N) is 4. The number of aryl methyl sites for hydroxylation is 1. The first-order valence-electron chi connectivity index (χ1n) is 9.86. The van der Waals surface area contributed by atoms with Crippen molar-refractivity contribution in [3.63, 3.8) is 0 Å². The Hall–Kier alpha value is -2.41. The van der Waals surface area contributed by atoms with Gasteiger partial charge in [0.25, 0.3) is 0 Å². The van der Waals surface area contributed by atoms with Crippen LogP contribution < -0.4 is 5.32 Å². The Bertz CT molecular complexity index is 804. The standard InChI is InChI=1S/C21H30FN5O/c1-4-23-21(24-11-16-5-6-20(22)19(10-16)15-28-3)27-8-7-17(14-27)9-18-12-25-26(2)13-18/h5-6,10,12-13,17H,4,7-9,11,14-15H2,1-3H3,(H,23,24). The number of hydrogen-bond acceptors (Lipinski definition) is 3. The number of nitrogens with one attached hydrogen (secondary N) is 1. The number of benzene rings is 1. The zero-order valence-electron chi connectivity index (χ0n) is 17.0. The predicted octanol–water partition coefficient (Wildman–Crippen LogP) is 2.74. The number of likely N-dealkylation sites (tertiary alicyclic amines) is 1. The molecule has 1 aromatic heterocycles. The van der Waals surface area contributed by atoms with Crippen LogP contribution in [0.4, 0.5) is 4.39 Å². The van der Waals surface area contributed by atoms with Crippen molar-refractivity contribution in [2.24, 2.45) is 18.0 Å². The first-order chi connectivity index (χ1) is 13.6. The minimum absolute atomic E-state index is 0.237. The molecule has 0 amide bonds. The van der Waals surface area contributed by atoms with Gasteiger partial charge in [0, 0.05) is 45.6 Å². The summed E-state index contributed by atoms with van der Waals surface area (Å²) in [6.45, 7) is 5.66. The van der Waals surface area contributed by atoms with Crippen LogP contribution in [0.2, 0.25) is 0 Å². The molecule has 1 aromatic carbocycles. The van der Waals surface area contributed by atoms with Gasteiger partial charge in [-0.3, -0.25) is 4.68 Å². The molecule has 1 saturated heterocycles. The SMILES string of the molecule is CCNC(=NCc1ccc(F)c(COC)c1)N1CCC(Cc2cnn(C)c2)C1. The Labute approximate surface area is 166 Å². The van der Waals surface area contributed by atoms with Crippen LogP contribution >= 0.6 is 0 Å². The second kappa shape index (κ2) is 9.68. The maximum Gasteiger partial charge on any atom is 0.194 e. The van der Waals surface area contributed by atoms with Gasteiger partial charge in [-0.1, -0.05) is 6.07 Å². The van der Waals surface area contributed by atoms with E-state index in [1.165, 1.54) is 11.6 Å². The van der Waals surface area contributed by atoms with Crippen molar-refractivity contribution in [1.82, 2.24) is 20.0 Å². The third kappa shape index (κ3) is 5.32. The summed E-state index contributed by atoms with van der Waals surface area (Å²) in [6, 6.07) is 5.11. The summed E-state index contributed by atoms with van der Waals surface area (Å²) in [6.07, 6.45) is 6.23. The van der Waals surface area contributed by atoms with Crippen LogP contribution in [0.1, 0.15) is 30.0 Å². The average molecular weight is 388 g/mol. The van der Waals surface area contributed by atoms with Crippen molar-refractivity contribution in [3.05, 3.63) is 53.1 Å². The van der Waals surface area contributed by atoms with Crippen molar-refractivity contribution < 1.29 is 9.13 Å². The lowest BCUT2D eigenvalue weighted by atomic mass is 10.0. The number of rotatable bonds is 7. The number of methoxy groups -OCH3 is 1. The van der Waals surface area contributed by atoms with Crippen molar-refractivity contribution in [2.75, 3.05) is 26.7 Å². The van der Waals surface area contributed by atoms with Crippen molar-refractivity contribution in [1.29, 1.82) is 0 Å². The zero-order chi connectivity index (χ0) is 19.9. The Morgan fingerprint density at radius 3 is 2.96 bits per heavy atom. The molecule has 1 aliphatic rings. The molecule has 28 heavy (non-hydrogen) atoms. The fourth-order valence-corrected chi connectivity index (χ4v) is 3.69. The van der Waals surface area contributed by atoms with Crippen LogP contribution in [-0.4, -0.2) is 47.4 Å². The molecule has 0 radical (unpaired) electrons. The summed E-state index contributed by atoms with van der Waals surface area (Å²) in [5.74, 6) is 1.29. The molecule has 1 N–H and O–H groups in total. The molecular formula is C21H30FN5O. The van der Waals surface area contributed by atoms with Crippen LogP contribution in [0.5, 0.6) is 0 Å². The summed E-state index contributed by atoms with van der Waals surface area (Å²) in [7, 11) is 3.52. The summed E-state index contributed by atoms with van der Waals surface area (Å²) in [4.78, 5) is 7.12. The van der Waals surface area contributed by atoms with E-state index in [4.69, 9.17) is 9.73 Å². The highest BCUT2D eigenvalue weighted by Crippen LogP contribution is 2.21. The van der Waals surface area contributed by atoms with Crippen LogP contribution in [0, 0.1) is 11.7 Å². The molecule has 1 atom stereocenters. The normalized spacial score (nSPS) is 17.4. The Balaban J connectivity index is 1.63.